The standard InChI is InChI=1S/C14H17NO4/c1-2-15-13(18)8-4-3-7-9(16)5-6-10(17)11(7)12(8)14(15)19/h5-8,10-12,17H,2-4H2,1H3/t7-,8+,10+,11+,12+/m0/s1. The Bertz CT molecular complexity index is 484. The lowest BCUT2D eigenvalue weighted by Gasteiger charge is -2.40. The molecule has 102 valence electrons. The van der Waals surface area contributed by atoms with E-state index in [9.17, 15) is 19.5 Å². The second-order valence-corrected chi connectivity index (χ2v) is 5.57. The Morgan fingerprint density at radius 3 is 2.58 bits per heavy atom. The highest BCUT2D eigenvalue weighted by Crippen LogP contribution is 2.47. The molecule has 3 rings (SSSR count). The molecular formula is C14H17NO4. The van der Waals surface area contributed by atoms with Crippen LogP contribution in [0, 0.1) is 23.7 Å². The molecule has 0 radical (unpaired) electrons. The number of aliphatic hydroxyl groups excluding tert-OH is 1. The fourth-order valence-corrected chi connectivity index (χ4v) is 3.89. The van der Waals surface area contributed by atoms with Crippen molar-refractivity contribution in [1.82, 2.24) is 4.90 Å². The molecule has 19 heavy (non-hydrogen) atoms. The highest BCUT2D eigenvalue weighted by molar-refractivity contribution is 6.06. The summed E-state index contributed by atoms with van der Waals surface area (Å²) in [7, 11) is 0. The van der Waals surface area contributed by atoms with Crippen LogP contribution in [0.3, 0.4) is 0 Å². The van der Waals surface area contributed by atoms with Crippen molar-refractivity contribution >= 4 is 17.6 Å². The normalized spacial score (nSPS) is 41.5. The molecule has 5 atom stereocenters. The molecule has 0 aromatic heterocycles. The van der Waals surface area contributed by atoms with Crippen molar-refractivity contribution in [3.05, 3.63) is 12.2 Å². The maximum absolute atomic E-state index is 12.3. The van der Waals surface area contributed by atoms with Crippen molar-refractivity contribution in [2.45, 2.75) is 25.9 Å². The lowest BCUT2D eigenvalue weighted by Crippen LogP contribution is -2.47. The van der Waals surface area contributed by atoms with Gasteiger partial charge in [0.1, 0.15) is 0 Å². The third-order valence-electron chi connectivity index (χ3n) is 4.77. The molecule has 0 aromatic carbocycles. The zero-order chi connectivity index (χ0) is 13.7. The third kappa shape index (κ3) is 1.61. The van der Waals surface area contributed by atoms with Crippen LogP contribution in [0.4, 0.5) is 0 Å². The largest absolute Gasteiger partial charge is 0.389 e. The van der Waals surface area contributed by atoms with Crippen LogP contribution in [0.5, 0.6) is 0 Å². The third-order valence-corrected chi connectivity index (χ3v) is 4.77. The summed E-state index contributed by atoms with van der Waals surface area (Å²) in [5.74, 6) is -1.97. The summed E-state index contributed by atoms with van der Waals surface area (Å²) in [4.78, 5) is 37.7. The number of ketones is 1. The molecular weight excluding hydrogens is 246 g/mol. The monoisotopic (exact) mass is 263 g/mol. The fourth-order valence-electron chi connectivity index (χ4n) is 3.89. The molecule has 1 aliphatic heterocycles. The van der Waals surface area contributed by atoms with E-state index < -0.39 is 17.9 Å². The zero-order valence-electron chi connectivity index (χ0n) is 10.8. The lowest BCUT2D eigenvalue weighted by atomic mass is 9.62. The SMILES string of the molecule is CCN1C(=O)[C@H]2[C@H]3[C@H](O)C=CC(=O)[C@@H]3CC[C@H]2C1=O. The van der Waals surface area contributed by atoms with Gasteiger partial charge < -0.3 is 5.11 Å². The molecule has 1 N–H and O–H groups in total. The number of rotatable bonds is 1. The minimum Gasteiger partial charge on any atom is -0.389 e. The van der Waals surface area contributed by atoms with Gasteiger partial charge >= 0.3 is 0 Å². The van der Waals surface area contributed by atoms with Gasteiger partial charge in [0.15, 0.2) is 5.78 Å². The van der Waals surface area contributed by atoms with Crippen LogP contribution >= 0.6 is 0 Å². The summed E-state index contributed by atoms with van der Waals surface area (Å²) in [6.07, 6.45) is 3.22. The number of fused-ring (bicyclic) bond motifs is 3. The molecule has 1 heterocycles. The molecule has 1 saturated heterocycles. The summed E-state index contributed by atoms with van der Waals surface area (Å²) < 4.78 is 0. The van der Waals surface area contributed by atoms with E-state index >= 15 is 0 Å². The molecule has 3 aliphatic rings. The molecule has 0 unspecified atom stereocenters. The van der Waals surface area contributed by atoms with E-state index in [1.54, 1.807) is 6.92 Å². The molecule has 5 nitrogen and oxygen atoms in total. The van der Waals surface area contributed by atoms with Gasteiger partial charge in [0.05, 0.1) is 17.9 Å². The maximum Gasteiger partial charge on any atom is 0.233 e. The zero-order valence-corrected chi connectivity index (χ0v) is 10.8. The van der Waals surface area contributed by atoms with E-state index in [1.807, 2.05) is 0 Å². The summed E-state index contributed by atoms with van der Waals surface area (Å²) in [5, 5.41) is 10.1. The number of hydrogen-bond acceptors (Lipinski definition) is 4. The number of hydrogen-bond donors (Lipinski definition) is 1. The summed E-state index contributed by atoms with van der Waals surface area (Å²) in [5.41, 5.74) is 0. The van der Waals surface area contributed by atoms with Crippen molar-refractivity contribution in [3.63, 3.8) is 0 Å². The second kappa shape index (κ2) is 4.27. The Hall–Kier alpha value is -1.49. The minimum atomic E-state index is -0.802. The van der Waals surface area contributed by atoms with Crippen LogP contribution in [0.1, 0.15) is 19.8 Å². The van der Waals surface area contributed by atoms with Gasteiger partial charge in [0, 0.05) is 18.4 Å². The number of likely N-dealkylation sites (tertiary alicyclic amines) is 1. The van der Waals surface area contributed by atoms with Gasteiger partial charge in [0.2, 0.25) is 11.8 Å². The second-order valence-electron chi connectivity index (χ2n) is 5.57. The van der Waals surface area contributed by atoms with Gasteiger partial charge in [-0.05, 0) is 25.8 Å². The summed E-state index contributed by atoms with van der Waals surface area (Å²) in [6.45, 7) is 2.13. The van der Waals surface area contributed by atoms with E-state index in [-0.39, 0.29) is 29.4 Å². The van der Waals surface area contributed by atoms with Crippen molar-refractivity contribution in [2.75, 3.05) is 6.54 Å². The van der Waals surface area contributed by atoms with Gasteiger partial charge in [-0.3, -0.25) is 19.3 Å². The Balaban J connectivity index is 2.00. The first kappa shape index (κ1) is 12.5. The quantitative estimate of drug-likeness (QED) is 0.683. The van der Waals surface area contributed by atoms with Gasteiger partial charge in [0.25, 0.3) is 0 Å². The number of imide groups is 1. The van der Waals surface area contributed by atoms with Gasteiger partial charge in [-0.2, -0.15) is 0 Å². The number of allylic oxidation sites excluding steroid dienone is 1. The van der Waals surface area contributed by atoms with E-state index in [0.717, 1.165) is 0 Å². The minimum absolute atomic E-state index is 0.0241. The molecule has 5 heteroatoms. The molecule has 0 spiro atoms. The van der Waals surface area contributed by atoms with Crippen LogP contribution in [0.25, 0.3) is 0 Å². The highest BCUT2D eigenvalue weighted by Gasteiger charge is 2.57. The molecule has 2 fully saturated rings. The number of amides is 2. The Morgan fingerprint density at radius 1 is 1.21 bits per heavy atom. The maximum atomic E-state index is 12.3. The first-order valence-corrected chi connectivity index (χ1v) is 6.81. The summed E-state index contributed by atoms with van der Waals surface area (Å²) in [6, 6.07) is 0. The van der Waals surface area contributed by atoms with Crippen molar-refractivity contribution in [2.24, 2.45) is 23.7 Å². The molecule has 2 amide bonds. The van der Waals surface area contributed by atoms with Crippen LogP contribution in [0.15, 0.2) is 12.2 Å². The smallest absolute Gasteiger partial charge is 0.233 e. The predicted molar refractivity (Wildman–Crippen MR) is 65.7 cm³/mol. The average molecular weight is 263 g/mol. The van der Waals surface area contributed by atoms with Gasteiger partial charge in [-0.15, -0.1) is 0 Å². The fraction of sp³-hybridized carbons (Fsp3) is 0.643. The number of carbonyl (C=O) groups is 3. The number of aliphatic hydroxyl groups is 1. The van der Waals surface area contributed by atoms with E-state index in [1.165, 1.54) is 17.1 Å². The highest BCUT2D eigenvalue weighted by atomic mass is 16.3. The van der Waals surface area contributed by atoms with Crippen LogP contribution in [0.2, 0.25) is 0 Å². The van der Waals surface area contributed by atoms with E-state index in [4.69, 9.17) is 0 Å². The van der Waals surface area contributed by atoms with Gasteiger partial charge in [-0.25, -0.2) is 0 Å². The molecule has 2 aliphatic carbocycles. The van der Waals surface area contributed by atoms with Crippen LogP contribution in [-0.4, -0.2) is 40.3 Å². The Labute approximate surface area is 111 Å². The molecule has 0 bridgehead atoms. The molecule has 1 saturated carbocycles. The van der Waals surface area contributed by atoms with E-state index in [2.05, 4.69) is 0 Å². The van der Waals surface area contributed by atoms with Crippen LogP contribution in [-0.2, 0) is 14.4 Å². The molecule has 0 aromatic rings. The van der Waals surface area contributed by atoms with Crippen molar-refractivity contribution in [1.29, 1.82) is 0 Å². The van der Waals surface area contributed by atoms with Crippen molar-refractivity contribution < 1.29 is 19.5 Å². The average Bonchev–Trinajstić information content (AvgIpc) is 2.65. The Morgan fingerprint density at radius 2 is 1.89 bits per heavy atom. The van der Waals surface area contributed by atoms with Gasteiger partial charge in [-0.1, -0.05) is 6.08 Å². The van der Waals surface area contributed by atoms with Crippen LogP contribution < -0.4 is 0 Å². The Kier molecular flexibility index (Phi) is 2.82. The van der Waals surface area contributed by atoms with Crippen molar-refractivity contribution in [3.8, 4) is 0 Å². The topological polar surface area (TPSA) is 74.7 Å². The number of nitrogens with zero attached hydrogens (tertiary/aromatic N) is 1. The summed E-state index contributed by atoms with van der Waals surface area (Å²) >= 11 is 0. The lowest BCUT2D eigenvalue weighted by molar-refractivity contribution is -0.140. The van der Waals surface area contributed by atoms with E-state index in [0.29, 0.717) is 19.4 Å². The first-order chi connectivity index (χ1) is 9.06. The first-order valence-electron chi connectivity index (χ1n) is 6.81. The number of carbonyl (C=O) groups excluding carboxylic acids is 3. The predicted octanol–water partition coefficient (Wildman–Crippen LogP) is 0.133.